The van der Waals surface area contributed by atoms with Crippen molar-refractivity contribution in [1.82, 2.24) is 18.7 Å². The van der Waals surface area contributed by atoms with E-state index in [1.165, 1.54) is 11.6 Å². The first kappa shape index (κ1) is 19.8. The molecule has 0 unspecified atom stereocenters. The zero-order valence-corrected chi connectivity index (χ0v) is 17.3. The first-order valence-electron chi connectivity index (χ1n) is 8.97. The van der Waals surface area contributed by atoms with Crippen molar-refractivity contribution < 1.29 is 0 Å². The van der Waals surface area contributed by atoms with Crippen LogP contribution in [0.3, 0.4) is 0 Å². The van der Waals surface area contributed by atoms with Gasteiger partial charge in [0, 0.05) is 31.4 Å². The van der Waals surface area contributed by atoms with Crippen molar-refractivity contribution in [3.63, 3.8) is 0 Å². The van der Waals surface area contributed by atoms with Crippen molar-refractivity contribution in [2.24, 2.45) is 14.1 Å². The second-order valence-electron chi connectivity index (χ2n) is 6.55. The Bertz CT molecular complexity index is 1070. The zero-order chi connectivity index (χ0) is 19.6. The van der Waals surface area contributed by atoms with Gasteiger partial charge < -0.3 is 4.57 Å². The Hall–Kier alpha value is -1.99. The number of halogens is 1. The molecule has 2 heterocycles. The molecule has 3 aromatic rings. The SMILES string of the molecule is CCCCCn1c(SCc2ccc(Cl)cc2)nc2c1c(=O)n(C)c(=O)n2C. The predicted octanol–water partition coefficient (Wildman–Crippen LogP) is 3.57. The summed E-state index contributed by atoms with van der Waals surface area (Å²) in [6.07, 6.45) is 3.13. The summed E-state index contributed by atoms with van der Waals surface area (Å²) in [4.78, 5) is 29.6. The molecular formula is C19H23ClN4O2S. The van der Waals surface area contributed by atoms with E-state index in [1.54, 1.807) is 18.8 Å². The first-order valence-corrected chi connectivity index (χ1v) is 10.3. The number of benzene rings is 1. The van der Waals surface area contributed by atoms with E-state index in [9.17, 15) is 9.59 Å². The van der Waals surface area contributed by atoms with E-state index in [2.05, 4.69) is 11.9 Å². The molecule has 0 fully saturated rings. The van der Waals surface area contributed by atoms with Gasteiger partial charge >= 0.3 is 5.69 Å². The van der Waals surface area contributed by atoms with Gasteiger partial charge in [-0.1, -0.05) is 55.3 Å². The minimum Gasteiger partial charge on any atom is -0.313 e. The van der Waals surface area contributed by atoms with E-state index in [4.69, 9.17) is 11.6 Å². The maximum absolute atomic E-state index is 12.7. The van der Waals surface area contributed by atoms with Crippen LogP contribution in [0.25, 0.3) is 11.2 Å². The van der Waals surface area contributed by atoms with E-state index >= 15 is 0 Å². The summed E-state index contributed by atoms with van der Waals surface area (Å²) < 4.78 is 4.56. The summed E-state index contributed by atoms with van der Waals surface area (Å²) in [5.41, 5.74) is 1.40. The fraction of sp³-hybridized carbons (Fsp3) is 0.421. The van der Waals surface area contributed by atoms with Gasteiger partial charge in [-0.05, 0) is 24.1 Å². The zero-order valence-electron chi connectivity index (χ0n) is 15.7. The van der Waals surface area contributed by atoms with Gasteiger partial charge in [0.1, 0.15) is 0 Å². The number of fused-ring (bicyclic) bond motifs is 1. The molecule has 0 saturated heterocycles. The lowest BCUT2D eigenvalue weighted by molar-refractivity contribution is 0.576. The van der Waals surface area contributed by atoms with Crippen molar-refractivity contribution in [2.45, 2.75) is 43.6 Å². The van der Waals surface area contributed by atoms with Crippen LogP contribution in [0, 0.1) is 0 Å². The normalized spacial score (nSPS) is 11.4. The van der Waals surface area contributed by atoms with Crippen LogP contribution in [0.5, 0.6) is 0 Å². The highest BCUT2D eigenvalue weighted by atomic mass is 35.5. The number of aromatic nitrogens is 4. The lowest BCUT2D eigenvalue weighted by atomic mass is 10.2. The number of hydrogen-bond acceptors (Lipinski definition) is 4. The van der Waals surface area contributed by atoms with Gasteiger partial charge in [-0.3, -0.25) is 13.9 Å². The molecule has 27 heavy (non-hydrogen) atoms. The molecule has 0 aliphatic carbocycles. The molecule has 1 aromatic carbocycles. The Kier molecular flexibility index (Phi) is 6.11. The first-order chi connectivity index (χ1) is 12.9. The summed E-state index contributed by atoms with van der Waals surface area (Å²) in [5, 5.41) is 1.46. The number of unbranched alkanes of at least 4 members (excludes halogenated alkanes) is 2. The van der Waals surface area contributed by atoms with Crippen LogP contribution in [0.1, 0.15) is 31.7 Å². The molecule has 0 radical (unpaired) electrons. The highest BCUT2D eigenvalue weighted by molar-refractivity contribution is 7.98. The monoisotopic (exact) mass is 406 g/mol. The number of nitrogens with zero attached hydrogens (tertiary/aromatic N) is 4. The van der Waals surface area contributed by atoms with E-state index in [1.807, 2.05) is 28.8 Å². The Morgan fingerprint density at radius 1 is 1.07 bits per heavy atom. The minimum atomic E-state index is -0.361. The predicted molar refractivity (Wildman–Crippen MR) is 111 cm³/mol. The summed E-state index contributed by atoms with van der Waals surface area (Å²) in [5.74, 6) is 0.711. The summed E-state index contributed by atoms with van der Waals surface area (Å²) >= 11 is 7.51. The van der Waals surface area contributed by atoms with Crippen LogP contribution in [-0.2, 0) is 26.4 Å². The van der Waals surface area contributed by atoms with Crippen molar-refractivity contribution in [1.29, 1.82) is 0 Å². The number of rotatable bonds is 7. The lowest BCUT2D eigenvalue weighted by Crippen LogP contribution is -2.37. The molecule has 0 spiro atoms. The maximum Gasteiger partial charge on any atom is 0.332 e. The van der Waals surface area contributed by atoms with Crippen LogP contribution in [0.4, 0.5) is 0 Å². The largest absolute Gasteiger partial charge is 0.332 e. The summed E-state index contributed by atoms with van der Waals surface area (Å²) in [6, 6.07) is 7.69. The molecule has 0 aliphatic heterocycles. The minimum absolute atomic E-state index is 0.296. The Morgan fingerprint density at radius 2 is 1.78 bits per heavy atom. The third kappa shape index (κ3) is 3.99. The smallest absolute Gasteiger partial charge is 0.313 e. The molecule has 0 saturated carbocycles. The highest BCUT2D eigenvalue weighted by Gasteiger charge is 2.19. The van der Waals surface area contributed by atoms with Crippen LogP contribution >= 0.6 is 23.4 Å². The van der Waals surface area contributed by atoms with Crippen LogP contribution in [0.15, 0.2) is 39.0 Å². The number of aryl methyl sites for hydroxylation is 2. The quantitative estimate of drug-likeness (QED) is 0.444. The van der Waals surface area contributed by atoms with Gasteiger partial charge in [0.05, 0.1) is 0 Å². The molecule has 144 valence electrons. The number of thioether (sulfide) groups is 1. The molecular weight excluding hydrogens is 384 g/mol. The highest BCUT2D eigenvalue weighted by Crippen LogP contribution is 2.26. The molecule has 8 heteroatoms. The van der Waals surface area contributed by atoms with Gasteiger partial charge in [0.15, 0.2) is 16.3 Å². The second kappa shape index (κ2) is 8.35. The van der Waals surface area contributed by atoms with Gasteiger partial charge in [0.25, 0.3) is 5.56 Å². The van der Waals surface area contributed by atoms with E-state index in [-0.39, 0.29) is 11.2 Å². The molecule has 3 rings (SSSR count). The van der Waals surface area contributed by atoms with Crippen molar-refractivity contribution >= 4 is 34.5 Å². The van der Waals surface area contributed by atoms with E-state index in [0.29, 0.717) is 28.5 Å². The standard InChI is InChI=1S/C19H23ClN4O2S/c1-4-5-6-11-24-15-16(22(2)19(26)23(3)17(15)25)21-18(24)27-12-13-7-9-14(20)10-8-13/h7-10H,4-6,11-12H2,1-3H3. The molecule has 6 nitrogen and oxygen atoms in total. The van der Waals surface area contributed by atoms with Gasteiger partial charge in [-0.2, -0.15) is 0 Å². The molecule has 0 atom stereocenters. The molecule has 0 bridgehead atoms. The summed E-state index contributed by atoms with van der Waals surface area (Å²) in [7, 11) is 3.16. The Balaban J connectivity index is 2.04. The lowest BCUT2D eigenvalue weighted by Gasteiger charge is -2.09. The fourth-order valence-electron chi connectivity index (χ4n) is 2.99. The molecule has 0 aliphatic rings. The van der Waals surface area contributed by atoms with Crippen LogP contribution < -0.4 is 11.2 Å². The van der Waals surface area contributed by atoms with Gasteiger partial charge in [0.2, 0.25) is 0 Å². The molecule has 0 amide bonds. The topological polar surface area (TPSA) is 61.8 Å². The van der Waals surface area contributed by atoms with Gasteiger partial charge in [-0.15, -0.1) is 0 Å². The third-order valence-electron chi connectivity index (χ3n) is 4.58. The van der Waals surface area contributed by atoms with Gasteiger partial charge in [-0.25, -0.2) is 9.78 Å². The third-order valence-corrected chi connectivity index (χ3v) is 5.88. The summed E-state index contributed by atoms with van der Waals surface area (Å²) in [6.45, 7) is 2.85. The van der Waals surface area contributed by atoms with Crippen LogP contribution in [-0.4, -0.2) is 18.7 Å². The molecule has 2 aromatic heterocycles. The average Bonchev–Trinajstić information content (AvgIpc) is 3.03. The Morgan fingerprint density at radius 3 is 2.44 bits per heavy atom. The molecule has 0 N–H and O–H groups in total. The van der Waals surface area contributed by atoms with Crippen molar-refractivity contribution in [3.8, 4) is 0 Å². The van der Waals surface area contributed by atoms with E-state index in [0.717, 1.165) is 34.5 Å². The van der Waals surface area contributed by atoms with Crippen molar-refractivity contribution in [2.75, 3.05) is 0 Å². The Labute approximate surface area is 166 Å². The number of imidazole rings is 1. The maximum atomic E-state index is 12.7. The van der Waals surface area contributed by atoms with Crippen LogP contribution in [0.2, 0.25) is 5.02 Å². The van der Waals surface area contributed by atoms with E-state index < -0.39 is 0 Å². The second-order valence-corrected chi connectivity index (χ2v) is 7.93. The van der Waals surface area contributed by atoms with Crippen molar-refractivity contribution in [3.05, 3.63) is 55.7 Å². The number of hydrogen-bond donors (Lipinski definition) is 0. The average molecular weight is 407 g/mol. The fourth-order valence-corrected chi connectivity index (χ4v) is 4.10.